The molecule has 0 spiro atoms. The van der Waals surface area contributed by atoms with Crippen molar-refractivity contribution in [3.63, 3.8) is 0 Å². The van der Waals surface area contributed by atoms with Gasteiger partial charge in [-0.3, -0.25) is 4.90 Å². The first-order valence-electron chi connectivity index (χ1n) is 6.46. The fraction of sp³-hybridized carbons (Fsp3) is 0.714. The minimum absolute atomic E-state index is 0.350. The first-order chi connectivity index (χ1) is 8.09. The molecule has 1 heterocycles. The second-order valence-electron chi connectivity index (χ2n) is 5.56. The van der Waals surface area contributed by atoms with E-state index in [9.17, 15) is 0 Å². The minimum atomic E-state index is 0.350. The first kappa shape index (κ1) is 12.7. The average Bonchev–Trinajstić information content (AvgIpc) is 2.61. The maximum Gasteiger partial charge on any atom is 0.121 e. The van der Waals surface area contributed by atoms with Gasteiger partial charge in [-0.05, 0) is 53.0 Å². The number of hydrogen-bond acceptors (Lipinski definition) is 3. The lowest BCUT2D eigenvalue weighted by molar-refractivity contribution is 0.00958. The second-order valence-corrected chi connectivity index (χ2v) is 5.56. The third-order valence-corrected chi connectivity index (χ3v) is 4.01. The highest BCUT2D eigenvalue weighted by Gasteiger charge is 2.46. The third-order valence-electron chi connectivity index (χ3n) is 4.01. The Balaban J connectivity index is 2.28. The zero-order chi connectivity index (χ0) is 12.5. The molecule has 1 aromatic rings. The van der Waals surface area contributed by atoms with Crippen LogP contribution in [0.2, 0.25) is 0 Å². The van der Waals surface area contributed by atoms with Gasteiger partial charge in [-0.1, -0.05) is 6.42 Å². The lowest BCUT2D eigenvalue weighted by Gasteiger charge is -2.49. The van der Waals surface area contributed by atoms with Crippen LogP contribution in [0.5, 0.6) is 0 Å². The van der Waals surface area contributed by atoms with Crippen molar-refractivity contribution in [1.29, 1.82) is 0 Å². The van der Waals surface area contributed by atoms with Gasteiger partial charge in [0.15, 0.2) is 0 Å². The number of furan rings is 1. The molecule has 0 amide bonds. The molecule has 0 saturated heterocycles. The lowest BCUT2D eigenvalue weighted by atomic mass is 9.63. The Morgan fingerprint density at radius 3 is 2.47 bits per heavy atom. The van der Waals surface area contributed by atoms with Crippen LogP contribution in [0.15, 0.2) is 16.5 Å². The summed E-state index contributed by atoms with van der Waals surface area (Å²) in [4.78, 5) is 2.30. The summed E-state index contributed by atoms with van der Waals surface area (Å²) in [5.41, 5.74) is 0.350. The van der Waals surface area contributed by atoms with Gasteiger partial charge < -0.3 is 9.73 Å². The Hall–Kier alpha value is -0.800. The largest absolute Gasteiger partial charge is 0.465 e. The summed E-state index contributed by atoms with van der Waals surface area (Å²) >= 11 is 0. The molecule has 0 bridgehead atoms. The molecule has 17 heavy (non-hydrogen) atoms. The quantitative estimate of drug-likeness (QED) is 0.851. The van der Waals surface area contributed by atoms with Crippen molar-refractivity contribution in [2.75, 3.05) is 27.7 Å². The van der Waals surface area contributed by atoms with Crippen LogP contribution in [0, 0.1) is 12.3 Å². The molecule has 1 unspecified atom stereocenters. The van der Waals surface area contributed by atoms with E-state index in [2.05, 4.69) is 36.4 Å². The van der Waals surface area contributed by atoms with Crippen LogP contribution in [0.3, 0.4) is 0 Å². The van der Waals surface area contributed by atoms with E-state index in [1.54, 1.807) is 0 Å². The lowest BCUT2D eigenvalue weighted by Crippen LogP contribution is -2.48. The summed E-state index contributed by atoms with van der Waals surface area (Å²) in [6.45, 7) is 3.08. The van der Waals surface area contributed by atoms with Crippen molar-refractivity contribution in [1.82, 2.24) is 10.2 Å². The number of hydrogen-bond donors (Lipinski definition) is 1. The van der Waals surface area contributed by atoms with Crippen molar-refractivity contribution < 1.29 is 4.42 Å². The highest BCUT2D eigenvalue weighted by molar-refractivity contribution is 5.15. The molecule has 1 aliphatic rings. The highest BCUT2D eigenvalue weighted by atomic mass is 16.3. The molecular formula is C14H24N2O. The molecule has 96 valence electrons. The average molecular weight is 236 g/mol. The van der Waals surface area contributed by atoms with Crippen molar-refractivity contribution in [3.8, 4) is 0 Å². The normalized spacial score (nSPS) is 20.3. The molecular weight excluding hydrogens is 212 g/mol. The summed E-state index contributed by atoms with van der Waals surface area (Å²) in [6, 6.07) is 4.59. The molecule has 2 rings (SSSR count). The first-order valence-corrected chi connectivity index (χ1v) is 6.46. The van der Waals surface area contributed by atoms with E-state index in [0.29, 0.717) is 11.5 Å². The number of nitrogens with one attached hydrogen (secondary N) is 1. The Bertz CT molecular complexity index is 366. The topological polar surface area (TPSA) is 28.4 Å². The van der Waals surface area contributed by atoms with Crippen molar-refractivity contribution >= 4 is 0 Å². The third kappa shape index (κ3) is 2.26. The number of rotatable bonds is 5. The number of aryl methyl sites for hydroxylation is 1. The Morgan fingerprint density at radius 1 is 1.41 bits per heavy atom. The van der Waals surface area contributed by atoms with Gasteiger partial charge in [-0.15, -0.1) is 0 Å². The van der Waals surface area contributed by atoms with Gasteiger partial charge in [0.2, 0.25) is 0 Å². The summed E-state index contributed by atoms with van der Waals surface area (Å²) in [5.74, 6) is 2.12. The molecule has 1 atom stereocenters. The van der Waals surface area contributed by atoms with Gasteiger partial charge in [-0.25, -0.2) is 0 Å². The summed E-state index contributed by atoms with van der Waals surface area (Å²) in [5, 5.41) is 3.35. The van der Waals surface area contributed by atoms with E-state index in [1.807, 2.05) is 14.0 Å². The van der Waals surface area contributed by atoms with E-state index in [4.69, 9.17) is 4.42 Å². The second kappa shape index (κ2) is 4.83. The fourth-order valence-corrected chi connectivity index (χ4v) is 3.23. The molecule has 1 aliphatic carbocycles. The van der Waals surface area contributed by atoms with Crippen LogP contribution >= 0.6 is 0 Å². The smallest absolute Gasteiger partial charge is 0.121 e. The molecule has 1 fully saturated rings. The predicted molar refractivity (Wildman–Crippen MR) is 70.1 cm³/mol. The molecule has 1 saturated carbocycles. The van der Waals surface area contributed by atoms with Crippen LogP contribution in [0.4, 0.5) is 0 Å². The maximum absolute atomic E-state index is 5.87. The maximum atomic E-state index is 5.87. The number of nitrogens with zero attached hydrogens (tertiary/aromatic N) is 1. The van der Waals surface area contributed by atoms with Crippen molar-refractivity contribution in [2.24, 2.45) is 5.41 Å². The monoisotopic (exact) mass is 236 g/mol. The zero-order valence-corrected chi connectivity index (χ0v) is 11.4. The summed E-state index contributed by atoms with van der Waals surface area (Å²) < 4.78 is 5.87. The fourth-order valence-electron chi connectivity index (χ4n) is 3.23. The minimum Gasteiger partial charge on any atom is -0.465 e. The molecule has 1 aromatic heterocycles. The van der Waals surface area contributed by atoms with Gasteiger partial charge in [0.05, 0.1) is 6.04 Å². The molecule has 3 heteroatoms. The van der Waals surface area contributed by atoms with E-state index in [-0.39, 0.29) is 0 Å². The van der Waals surface area contributed by atoms with Crippen LogP contribution in [-0.4, -0.2) is 32.6 Å². The molecule has 3 nitrogen and oxygen atoms in total. The van der Waals surface area contributed by atoms with E-state index < -0.39 is 0 Å². The van der Waals surface area contributed by atoms with Crippen LogP contribution in [-0.2, 0) is 0 Å². The van der Waals surface area contributed by atoms with Crippen LogP contribution < -0.4 is 5.32 Å². The van der Waals surface area contributed by atoms with Gasteiger partial charge in [0.25, 0.3) is 0 Å². The molecule has 0 aliphatic heterocycles. The van der Waals surface area contributed by atoms with Gasteiger partial charge >= 0.3 is 0 Å². The van der Waals surface area contributed by atoms with E-state index in [0.717, 1.165) is 18.1 Å². The Labute approximate surface area is 104 Å². The van der Waals surface area contributed by atoms with Crippen molar-refractivity contribution in [2.45, 2.75) is 32.2 Å². The van der Waals surface area contributed by atoms with Gasteiger partial charge in [0, 0.05) is 12.0 Å². The summed E-state index contributed by atoms with van der Waals surface area (Å²) in [7, 11) is 6.34. The van der Waals surface area contributed by atoms with Crippen molar-refractivity contribution in [3.05, 3.63) is 23.7 Å². The Kier molecular flexibility index (Phi) is 3.59. The Morgan fingerprint density at radius 2 is 2.12 bits per heavy atom. The van der Waals surface area contributed by atoms with Gasteiger partial charge in [0.1, 0.15) is 11.5 Å². The summed E-state index contributed by atoms with van der Waals surface area (Å²) in [6.07, 6.45) is 3.92. The SMILES string of the molecule is CNCC1(C(c2ccc(C)o2)N(C)C)CCC1. The van der Waals surface area contributed by atoms with Gasteiger partial charge in [-0.2, -0.15) is 0 Å². The molecule has 1 N–H and O–H groups in total. The highest BCUT2D eigenvalue weighted by Crippen LogP contribution is 2.52. The van der Waals surface area contributed by atoms with E-state index >= 15 is 0 Å². The molecule has 0 radical (unpaired) electrons. The van der Waals surface area contributed by atoms with Crippen LogP contribution in [0.25, 0.3) is 0 Å². The zero-order valence-electron chi connectivity index (χ0n) is 11.4. The standard InChI is InChI=1S/C14H24N2O/c1-11-6-7-12(17-11)13(16(3)4)14(10-15-2)8-5-9-14/h6-7,13,15H,5,8-10H2,1-4H3. The van der Waals surface area contributed by atoms with E-state index in [1.165, 1.54) is 19.3 Å². The van der Waals surface area contributed by atoms with Crippen LogP contribution in [0.1, 0.15) is 36.8 Å². The predicted octanol–water partition coefficient (Wildman–Crippen LogP) is 2.58. The molecule has 0 aromatic carbocycles.